The lowest BCUT2D eigenvalue weighted by molar-refractivity contribution is -0.275. The largest absolute Gasteiger partial charge is 0.573 e. The third kappa shape index (κ3) is 4.95. The fraction of sp³-hybridized carbons (Fsp3) is 0.278. The average molecular weight is 428 g/mol. The maximum absolute atomic E-state index is 14.1. The van der Waals surface area contributed by atoms with Gasteiger partial charge >= 0.3 is 12.4 Å². The van der Waals surface area contributed by atoms with Crippen molar-refractivity contribution < 1.29 is 36.6 Å². The SMILES string of the molecule is COCC(NC(=O)N1CC(=O)Nc2cccnc21)c1ccc(OC(F)(F)F)c(F)c1. The van der Waals surface area contributed by atoms with Gasteiger partial charge in [-0.25, -0.2) is 14.2 Å². The molecule has 0 spiro atoms. The zero-order valence-corrected chi connectivity index (χ0v) is 15.5. The number of rotatable bonds is 5. The molecule has 12 heteroatoms. The number of carbonyl (C=O) groups is 2. The summed E-state index contributed by atoms with van der Waals surface area (Å²) in [5.74, 6) is -2.48. The number of methoxy groups -OCH3 is 1. The molecule has 1 atom stereocenters. The first-order valence-electron chi connectivity index (χ1n) is 8.55. The van der Waals surface area contributed by atoms with Crippen LogP contribution < -0.4 is 20.3 Å². The summed E-state index contributed by atoms with van der Waals surface area (Å²) < 4.78 is 59.7. The van der Waals surface area contributed by atoms with E-state index in [1.54, 1.807) is 12.1 Å². The number of benzene rings is 1. The fourth-order valence-corrected chi connectivity index (χ4v) is 2.84. The number of urea groups is 1. The summed E-state index contributed by atoms with van der Waals surface area (Å²) in [6.07, 6.45) is -3.60. The van der Waals surface area contributed by atoms with Crippen LogP contribution in [-0.4, -0.2) is 43.5 Å². The Labute approximate surface area is 167 Å². The highest BCUT2D eigenvalue weighted by molar-refractivity contribution is 6.08. The van der Waals surface area contributed by atoms with Gasteiger partial charge in [0.1, 0.15) is 6.54 Å². The molecule has 0 radical (unpaired) electrons. The second kappa shape index (κ2) is 8.53. The standard InChI is InChI=1S/C18H16F4N4O4/c1-29-9-13(10-4-5-14(11(19)7-10)30-18(20,21)22)25-17(28)26-8-15(27)24-12-3-2-6-23-16(12)26/h2-7,13H,8-9H2,1H3,(H,24,27)(H,25,28). The van der Waals surface area contributed by atoms with E-state index in [1.165, 1.54) is 19.4 Å². The van der Waals surface area contributed by atoms with E-state index in [0.29, 0.717) is 5.69 Å². The van der Waals surface area contributed by atoms with Crippen LogP contribution in [-0.2, 0) is 9.53 Å². The number of aromatic nitrogens is 1. The summed E-state index contributed by atoms with van der Waals surface area (Å²) in [6, 6.07) is 4.29. The molecule has 3 amide bonds. The van der Waals surface area contributed by atoms with Crippen LogP contribution in [0.4, 0.5) is 33.9 Å². The van der Waals surface area contributed by atoms with Crippen LogP contribution in [0.25, 0.3) is 0 Å². The van der Waals surface area contributed by atoms with E-state index in [0.717, 1.165) is 17.0 Å². The zero-order chi connectivity index (χ0) is 21.9. The van der Waals surface area contributed by atoms with Crippen molar-refractivity contribution in [1.29, 1.82) is 0 Å². The number of hydrogen-bond acceptors (Lipinski definition) is 5. The zero-order valence-electron chi connectivity index (χ0n) is 15.5. The van der Waals surface area contributed by atoms with Crippen molar-refractivity contribution in [2.24, 2.45) is 0 Å². The van der Waals surface area contributed by atoms with E-state index < -0.39 is 35.9 Å². The van der Waals surface area contributed by atoms with Crippen molar-refractivity contribution in [3.8, 4) is 5.75 Å². The van der Waals surface area contributed by atoms with Crippen LogP contribution in [0.5, 0.6) is 5.75 Å². The molecule has 8 nitrogen and oxygen atoms in total. The number of alkyl halides is 3. The van der Waals surface area contributed by atoms with Crippen molar-refractivity contribution >= 4 is 23.4 Å². The highest BCUT2D eigenvalue weighted by Crippen LogP contribution is 2.29. The van der Waals surface area contributed by atoms with Gasteiger partial charge in [-0.2, -0.15) is 0 Å². The van der Waals surface area contributed by atoms with Crippen molar-refractivity contribution in [3.63, 3.8) is 0 Å². The molecule has 1 aromatic carbocycles. The normalized spacial score (nSPS) is 14.6. The van der Waals surface area contributed by atoms with Crippen LogP contribution in [0.2, 0.25) is 0 Å². The number of fused-ring (bicyclic) bond motifs is 1. The Morgan fingerprint density at radius 1 is 1.37 bits per heavy atom. The molecule has 0 bridgehead atoms. The number of pyridine rings is 1. The van der Waals surface area contributed by atoms with Gasteiger partial charge in [-0.1, -0.05) is 6.07 Å². The Kier molecular flexibility index (Phi) is 6.06. The number of carbonyl (C=O) groups excluding carboxylic acids is 2. The summed E-state index contributed by atoms with van der Waals surface area (Å²) in [5.41, 5.74) is 0.479. The summed E-state index contributed by atoms with van der Waals surface area (Å²) >= 11 is 0. The average Bonchev–Trinajstić information content (AvgIpc) is 2.67. The lowest BCUT2D eigenvalue weighted by Gasteiger charge is -2.29. The molecule has 1 aromatic heterocycles. The predicted octanol–water partition coefficient (Wildman–Crippen LogP) is 2.98. The molecule has 2 aromatic rings. The van der Waals surface area contributed by atoms with E-state index >= 15 is 0 Å². The van der Waals surface area contributed by atoms with Crippen molar-refractivity contribution in [2.75, 3.05) is 30.5 Å². The maximum atomic E-state index is 14.1. The minimum atomic E-state index is -5.04. The van der Waals surface area contributed by atoms with Gasteiger partial charge in [-0.15, -0.1) is 13.2 Å². The highest BCUT2D eigenvalue weighted by atomic mass is 19.4. The Morgan fingerprint density at radius 2 is 2.13 bits per heavy atom. The number of halogens is 4. The molecule has 0 aliphatic carbocycles. The Balaban J connectivity index is 1.82. The molecule has 2 N–H and O–H groups in total. The molecule has 30 heavy (non-hydrogen) atoms. The molecule has 0 saturated carbocycles. The lowest BCUT2D eigenvalue weighted by Crippen LogP contribution is -2.49. The second-order valence-corrected chi connectivity index (χ2v) is 6.20. The predicted molar refractivity (Wildman–Crippen MR) is 96.4 cm³/mol. The third-order valence-corrected chi connectivity index (χ3v) is 4.08. The van der Waals surface area contributed by atoms with Gasteiger partial charge in [-0.05, 0) is 29.8 Å². The minimum Gasteiger partial charge on any atom is -0.403 e. The van der Waals surface area contributed by atoms with Crippen LogP contribution in [0.15, 0.2) is 36.5 Å². The quantitative estimate of drug-likeness (QED) is 0.715. The molecule has 1 aliphatic heterocycles. The van der Waals surface area contributed by atoms with Gasteiger partial charge in [0.05, 0.1) is 18.3 Å². The molecule has 2 heterocycles. The van der Waals surface area contributed by atoms with Crippen LogP contribution >= 0.6 is 0 Å². The second-order valence-electron chi connectivity index (χ2n) is 6.20. The van der Waals surface area contributed by atoms with E-state index in [-0.39, 0.29) is 24.5 Å². The van der Waals surface area contributed by atoms with Crippen LogP contribution in [0, 0.1) is 5.82 Å². The van der Waals surface area contributed by atoms with Crippen LogP contribution in [0.3, 0.4) is 0 Å². The number of amides is 3. The van der Waals surface area contributed by atoms with Crippen LogP contribution in [0.1, 0.15) is 11.6 Å². The summed E-state index contributed by atoms with van der Waals surface area (Å²) in [6.45, 7) is -0.415. The first-order chi connectivity index (χ1) is 14.2. The van der Waals surface area contributed by atoms with Crippen molar-refractivity contribution in [3.05, 3.63) is 47.9 Å². The number of anilines is 2. The summed E-state index contributed by atoms with van der Waals surface area (Å²) in [7, 11) is 1.34. The number of hydrogen-bond donors (Lipinski definition) is 2. The molecule has 1 aliphatic rings. The smallest absolute Gasteiger partial charge is 0.403 e. The molecule has 3 rings (SSSR count). The van der Waals surface area contributed by atoms with E-state index in [2.05, 4.69) is 20.4 Å². The lowest BCUT2D eigenvalue weighted by atomic mass is 10.1. The first kappa shape index (κ1) is 21.3. The molecule has 0 saturated heterocycles. The molecular formula is C18H16F4N4O4. The van der Waals surface area contributed by atoms with Gasteiger partial charge < -0.3 is 20.1 Å². The number of nitrogens with one attached hydrogen (secondary N) is 2. The highest BCUT2D eigenvalue weighted by Gasteiger charge is 2.33. The van der Waals surface area contributed by atoms with E-state index in [9.17, 15) is 27.2 Å². The Hall–Kier alpha value is -3.41. The number of nitrogens with zero attached hydrogens (tertiary/aromatic N) is 2. The summed E-state index contributed by atoms with van der Waals surface area (Å²) in [4.78, 5) is 29.8. The number of ether oxygens (including phenoxy) is 2. The monoisotopic (exact) mass is 428 g/mol. The third-order valence-electron chi connectivity index (χ3n) is 4.08. The topological polar surface area (TPSA) is 92.8 Å². The van der Waals surface area contributed by atoms with Gasteiger partial charge in [-0.3, -0.25) is 9.69 Å². The maximum Gasteiger partial charge on any atom is 0.573 e. The first-order valence-corrected chi connectivity index (χ1v) is 8.55. The van der Waals surface area contributed by atoms with Crippen molar-refractivity contribution in [1.82, 2.24) is 10.3 Å². The Morgan fingerprint density at radius 3 is 2.80 bits per heavy atom. The fourth-order valence-electron chi connectivity index (χ4n) is 2.84. The van der Waals surface area contributed by atoms with E-state index in [1.807, 2.05) is 0 Å². The van der Waals surface area contributed by atoms with Gasteiger partial charge in [0.15, 0.2) is 17.4 Å². The van der Waals surface area contributed by atoms with E-state index in [4.69, 9.17) is 4.74 Å². The Bertz CT molecular complexity index is 954. The van der Waals surface area contributed by atoms with Gasteiger partial charge in [0, 0.05) is 13.3 Å². The molecule has 1 unspecified atom stereocenters. The van der Waals surface area contributed by atoms with Crippen molar-refractivity contribution in [2.45, 2.75) is 12.4 Å². The molecular weight excluding hydrogens is 412 g/mol. The summed E-state index contributed by atoms with van der Waals surface area (Å²) in [5, 5.41) is 5.16. The van der Waals surface area contributed by atoms with Gasteiger partial charge in [0.25, 0.3) is 0 Å². The van der Waals surface area contributed by atoms with Gasteiger partial charge in [0.2, 0.25) is 5.91 Å². The molecule has 160 valence electrons. The molecule has 0 fully saturated rings. The minimum absolute atomic E-state index is 0.111.